The molecule has 0 atom stereocenters. The molecular weight excluding hydrogens is 279 g/mol. The standard InChI is InChI=1S/C9H13IN2O/c1-12(2)5-6-13-9-4-3-8(10)7-11-9/h3-4,7H,5-6H2,1-2H3. The van der Waals surface area contributed by atoms with E-state index in [9.17, 15) is 0 Å². The third-order valence-corrected chi connectivity index (χ3v) is 2.13. The molecule has 0 aliphatic heterocycles. The van der Waals surface area contributed by atoms with E-state index in [0.717, 1.165) is 10.1 Å². The molecular formula is C9H13IN2O. The third kappa shape index (κ3) is 4.42. The van der Waals surface area contributed by atoms with Crippen LogP contribution in [-0.2, 0) is 0 Å². The number of hydrogen-bond acceptors (Lipinski definition) is 3. The molecule has 1 heterocycles. The number of ether oxygens (including phenoxy) is 1. The second-order valence-electron chi connectivity index (χ2n) is 2.97. The zero-order valence-corrected chi connectivity index (χ0v) is 9.98. The summed E-state index contributed by atoms with van der Waals surface area (Å²) in [6.45, 7) is 1.59. The number of halogens is 1. The number of rotatable bonds is 4. The van der Waals surface area contributed by atoms with Crippen LogP contribution >= 0.6 is 22.6 Å². The van der Waals surface area contributed by atoms with E-state index in [1.54, 1.807) is 6.20 Å². The summed E-state index contributed by atoms with van der Waals surface area (Å²) in [4.78, 5) is 6.20. The van der Waals surface area contributed by atoms with E-state index in [2.05, 4.69) is 32.5 Å². The van der Waals surface area contributed by atoms with Gasteiger partial charge in [0.25, 0.3) is 0 Å². The maximum Gasteiger partial charge on any atom is 0.213 e. The van der Waals surface area contributed by atoms with Crippen molar-refractivity contribution in [2.75, 3.05) is 27.2 Å². The first kappa shape index (κ1) is 10.7. The van der Waals surface area contributed by atoms with E-state index in [1.165, 1.54) is 0 Å². The Balaban J connectivity index is 2.33. The molecule has 0 saturated carbocycles. The highest BCUT2D eigenvalue weighted by Gasteiger charge is 1.95. The van der Waals surface area contributed by atoms with Crippen LogP contribution in [0.15, 0.2) is 18.3 Å². The predicted molar refractivity (Wildman–Crippen MR) is 61.0 cm³/mol. The third-order valence-electron chi connectivity index (χ3n) is 1.49. The summed E-state index contributed by atoms with van der Waals surface area (Å²) >= 11 is 2.22. The van der Waals surface area contributed by atoms with E-state index >= 15 is 0 Å². The summed E-state index contributed by atoms with van der Waals surface area (Å²) in [5.41, 5.74) is 0. The number of nitrogens with zero attached hydrogens (tertiary/aromatic N) is 2. The zero-order chi connectivity index (χ0) is 9.68. The van der Waals surface area contributed by atoms with Crippen LogP contribution in [0.4, 0.5) is 0 Å². The Labute approximate surface area is 92.2 Å². The number of likely N-dealkylation sites (N-methyl/N-ethyl adjacent to an activating group) is 1. The molecule has 0 bridgehead atoms. The smallest absolute Gasteiger partial charge is 0.213 e. The molecule has 0 unspecified atom stereocenters. The summed E-state index contributed by atoms with van der Waals surface area (Å²) in [7, 11) is 4.04. The highest BCUT2D eigenvalue weighted by atomic mass is 127. The van der Waals surface area contributed by atoms with Gasteiger partial charge in [0.1, 0.15) is 6.61 Å². The second-order valence-corrected chi connectivity index (χ2v) is 4.21. The van der Waals surface area contributed by atoms with Crippen LogP contribution in [0.25, 0.3) is 0 Å². The fourth-order valence-corrected chi connectivity index (χ4v) is 1.10. The summed E-state index contributed by atoms with van der Waals surface area (Å²) < 4.78 is 6.54. The zero-order valence-electron chi connectivity index (χ0n) is 7.83. The van der Waals surface area contributed by atoms with Crippen LogP contribution in [0.3, 0.4) is 0 Å². The molecule has 0 aliphatic carbocycles. The van der Waals surface area contributed by atoms with Crippen molar-refractivity contribution >= 4 is 22.6 Å². The van der Waals surface area contributed by atoms with Crippen molar-refractivity contribution in [3.63, 3.8) is 0 Å². The first-order valence-electron chi connectivity index (χ1n) is 4.07. The molecule has 4 heteroatoms. The lowest BCUT2D eigenvalue weighted by atomic mass is 10.5. The van der Waals surface area contributed by atoms with Gasteiger partial charge in [0.15, 0.2) is 0 Å². The van der Waals surface area contributed by atoms with E-state index in [4.69, 9.17) is 4.74 Å². The van der Waals surface area contributed by atoms with Gasteiger partial charge in [-0.2, -0.15) is 0 Å². The van der Waals surface area contributed by atoms with Gasteiger partial charge in [0.05, 0.1) is 0 Å². The van der Waals surface area contributed by atoms with Gasteiger partial charge in [-0.05, 0) is 42.8 Å². The Morgan fingerprint density at radius 2 is 2.23 bits per heavy atom. The normalized spacial score (nSPS) is 10.5. The highest BCUT2D eigenvalue weighted by molar-refractivity contribution is 14.1. The quantitative estimate of drug-likeness (QED) is 0.789. The fraction of sp³-hybridized carbons (Fsp3) is 0.444. The summed E-state index contributed by atoms with van der Waals surface area (Å²) in [5, 5.41) is 0. The maximum absolute atomic E-state index is 5.42. The molecule has 0 aromatic carbocycles. The molecule has 1 aromatic rings. The Kier molecular flexibility index (Phi) is 4.44. The molecule has 0 spiro atoms. The van der Waals surface area contributed by atoms with E-state index in [-0.39, 0.29) is 0 Å². The van der Waals surface area contributed by atoms with Crippen LogP contribution in [0, 0.1) is 3.57 Å². The monoisotopic (exact) mass is 292 g/mol. The second kappa shape index (κ2) is 5.39. The van der Waals surface area contributed by atoms with Crippen LogP contribution in [0.1, 0.15) is 0 Å². The highest BCUT2D eigenvalue weighted by Crippen LogP contribution is 2.08. The van der Waals surface area contributed by atoms with Gasteiger partial charge in [0, 0.05) is 22.4 Å². The summed E-state index contributed by atoms with van der Waals surface area (Å²) in [6.07, 6.45) is 1.80. The van der Waals surface area contributed by atoms with Crippen LogP contribution in [-0.4, -0.2) is 37.1 Å². The average Bonchev–Trinajstić information content (AvgIpc) is 2.08. The van der Waals surface area contributed by atoms with Crippen molar-refractivity contribution in [1.29, 1.82) is 0 Å². The first-order chi connectivity index (χ1) is 6.18. The lowest BCUT2D eigenvalue weighted by Crippen LogP contribution is -2.19. The molecule has 1 rings (SSSR count). The molecule has 1 aromatic heterocycles. The minimum atomic E-state index is 0.681. The minimum absolute atomic E-state index is 0.681. The molecule has 0 fully saturated rings. The van der Waals surface area contributed by atoms with Gasteiger partial charge in [-0.3, -0.25) is 0 Å². The first-order valence-corrected chi connectivity index (χ1v) is 5.15. The van der Waals surface area contributed by atoms with Crippen molar-refractivity contribution < 1.29 is 4.74 Å². The lowest BCUT2D eigenvalue weighted by molar-refractivity contribution is 0.254. The van der Waals surface area contributed by atoms with Gasteiger partial charge in [-0.25, -0.2) is 4.98 Å². The molecule has 0 saturated heterocycles. The Morgan fingerprint density at radius 1 is 1.46 bits per heavy atom. The molecule has 13 heavy (non-hydrogen) atoms. The Bertz CT molecular complexity index is 248. The predicted octanol–water partition coefficient (Wildman–Crippen LogP) is 1.63. The van der Waals surface area contributed by atoms with E-state index in [1.807, 2.05) is 26.2 Å². The summed E-state index contributed by atoms with van der Waals surface area (Å²) in [6, 6.07) is 3.87. The maximum atomic E-state index is 5.42. The molecule has 0 N–H and O–H groups in total. The van der Waals surface area contributed by atoms with Gasteiger partial charge in [-0.1, -0.05) is 0 Å². The van der Waals surface area contributed by atoms with Crippen molar-refractivity contribution in [1.82, 2.24) is 9.88 Å². The number of aromatic nitrogens is 1. The molecule has 0 amide bonds. The van der Waals surface area contributed by atoms with E-state index < -0.39 is 0 Å². The minimum Gasteiger partial charge on any atom is -0.476 e. The van der Waals surface area contributed by atoms with Gasteiger partial charge in [-0.15, -0.1) is 0 Å². The molecule has 0 aliphatic rings. The molecule has 0 radical (unpaired) electrons. The molecule has 3 nitrogen and oxygen atoms in total. The van der Waals surface area contributed by atoms with Crippen LogP contribution < -0.4 is 4.74 Å². The van der Waals surface area contributed by atoms with Crippen molar-refractivity contribution in [2.45, 2.75) is 0 Å². The molecule has 72 valence electrons. The van der Waals surface area contributed by atoms with Gasteiger partial charge < -0.3 is 9.64 Å². The van der Waals surface area contributed by atoms with Crippen LogP contribution in [0.5, 0.6) is 5.88 Å². The van der Waals surface area contributed by atoms with E-state index in [0.29, 0.717) is 12.5 Å². The van der Waals surface area contributed by atoms with Crippen LogP contribution in [0.2, 0.25) is 0 Å². The lowest BCUT2D eigenvalue weighted by Gasteiger charge is -2.09. The van der Waals surface area contributed by atoms with Crippen molar-refractivity contribution in [3.05, 3.63) is 21.9 Å². The SMILES string of the molecule is CN(C)CCOc1ccc(I)cn1. The number of pyridine rings is 1. The number of hydrogen-bond donors (Lipinski definition) is 0. The fourth-order valence-electron chi connectivity index (χ4n) is 0.780. The Hall–Kier alpha value is -0.360. The summed E-state index contributed by atoms with van der Waals surface area (Å²) in [5.74, 6) is 0.697. The largest absolute Gasteiger partial charge is 0.476 e. The van der Waals surface area contributed by atoms with Crippen molar-refractivity contribution in [2.24, 2.45) is 0 Å². The topological polar surface area (TPSA) is 25.4 Å². The average molecular weight is 292 g/mol. The Morgan fingerprint density at radius 3 is 2.77 bits per heavy atom. The van der Waals surface area contributed by atoms with Crippen molar-refractivity contribution in [3.8, 4) is 5.88 Å². The van der Waals surface area contributed by atoms with Gasteiger partial charge >= 0.3 is 0 Å². The van der Waals surface area contributed by atoms with Gasteiger partial charge in [0.2, 0.25) is 5.88 Å².